The molecule has 0 amide bonds. The van der Waals surface area contributed by atoms with Gasteiger partial charge in [0.25, 0.3) is 0 Å². The highest BCUT2D eigenvalue weighted by Gasteiger charge is 2.26. The van der Waals surface area contributed by atoms with Crippen LogP contribution in [0.1, 0.15) is 53.6 Å². The molecule has 0 radical (unpaired) electrons. The molecule has 94 valence electrons. The summed E-state index contributed by atoms with van der Waals surface area (Å²) in [4.78, 5) is 6.52. The lowest BCUT2D eigenvalue weighted by atomic mass is 9.91. The SMILES string of the molecule is CNCC1CCc2nc(C3CCCC3)sc2C1. The fraction of sp³-hybridized carbons (Fsp3) is 0.786. The normalized spacial score (nSPS) is 25.1. The van der Waals surface area contributed by atoms with E-state index in [0.29, 0.717) is 0 Å². The van der Waals surface area contributed by atoms with Crippen LogP contribution >= 0.6 is 11.3 Å². The summed E-state index contributed by atoms with van der Waals surface area (Å²) in [7, 11) is 2.06. The van der Waals surface area contributed by atoms with E-state index in [1.54, 1.807) is 4.88 Å². The molecule has 2 nitrogen and oxygen atoms in total. The summed E-state index contributed by atoms with van der Waals surface area (Å²) < 4.78 is 0. The van der Waals surface area contributed by atoms with Crippen LogP contribution in [0.5, 0.6) is 0 Å². The first kappa shape index (κ1) is 11.7. The molecule has 0 aromatic carbocycles. The van der Waals surface area contributed by atoms with Crippen molar-refractivity contribution in [1.29, 1.82) is 0 Å². The maximum atomic E-state index is 4.93. The Labute approximate surface area is 108 Å². The second-order valence-corrected chi connectivity index (χ2v) is 6.69. The molecule has 1 saturated carbocycles. The molecule has 3 rings (SSSR count). The zero-order valence-electron chi connectivity index (χ0n) is 10.7. The Morgan fingerprint density at radius 1 is 1.29 bits per heavy atom. The van der Waals surface area contributed by atoms with E-state index in [9.17, 15) is 0 Å². The van der Waals surface area contributed by atoms with Crippen LogP contribution in [0.4, 0.5) is 0 Å². The van der Waals surface area contributed by atoms with Crippen molar-refractivity contribution in [3.8, 4) is 0 Å². The molecule has 2 aliphatic carbocycles. The molecule has 1 atom stereocenters. The third kappa shape index (κ3) is 2.41. The van der Waals surface area contributed by atoms with E-state index in [0.717, 1.165) is 18.4 Å². The summed E-state index contributed by atoms with van der Waals surface area (Å²) >= 11 is 2.02. The van der Waals surface area contributed by atoms with Gasteiger partial charge in [0.15, 0.2) is 0 Å². The van der Waals surface area contributed by atoms with E-state index in [2.05, 4.69) is 12.4 Å². The zero-order valence-corrected chi connectivity index (χ0v) is 11.5. The predicted octanol–water partition coefficient (Wildman–Crippen LogP) is 3.13. The van der Waals surface area contributed by atoms with Crippen LogP contribution in [-0.2, 0) is 12.8 Å². The summed E-state index contributed by atoms with van der Waals surface area (Å²) in [6.07, 6.45) is 9.39. The molecule has 1 N–H and O–H groups in total. The topological polar surface area (TPSA) is 24.9 Å². The van der Waals surface area contributed by atoms with E-state index < -0.39 is 0 Å². The van der Waals surface area contributed by atoms with Gasteiger partial charge in [0.05, 0.1) is 10.7 Å². The molecular formula is C14H22N2S. The number of thiazole rings is 1. The summed E-state index contributed by atoms with van der Waals surface area (Å²) in [5.41, 5.74) is 1.43. The Hall–Kier alpha value is -0.410. The molecular weight excluding hydrogens is 228 g/mol. The quantitative estimate of drug-likeness (QED) is 0.891. The molecule has 1 unspecified atom stereocenters. The van der Waals surface area contributed by atoms with Gasteiger partial charge >= 0.3 is 0 Å². The minimum absolute atomic E-state index is 0.799. The lowest BCUT2D eigenvalue weighted by Gasteiger charge is -2.20. The molecule has 17 heavy (non-hydrogen) atoms. The number of fused-ring (bicyclic) bond motifs is 1. The average molecular weight is 250 g/mol. The Bertz CT molecular complexity index is 380. The summed E-state index contributed by atoms with van der Waals surface area (Å²) in [6.45, 7) is 1.16. The molecule has 1 fully saturated rings. The zero-order chi connectivity index (χ0) is 11.7. The molecule has 0 spiro atoms. The molecule has 2 aliphatic rings. The molecule has 1 aromatic rings. The summed E-state index contributed by atoms with van der Waals surface area (Å²) in [5, 5.41) is 4.77. The van der Waals surface area contributed by atoms with Crippen LogP contribution in [0.25, 0.3) is 0 Å². The van der Waals surface area contributed by atoms with Crippen molar-refractivity contribution >= 4 is 11.3 Å². The molecule has 0 bridgehead atoms. The highest BCUT2D eigenvalue weighted by molar-refractivity contribution is 7.11. The lowest BCUT2D eigenvalue weighted by molar-refractivity contribution is 0.440. The fourth-order valence-corrected chi connectivity index (χ4v) is 4.67. The predicted molar refractivity (Wildman–Crippen MR) is 72.8 cm³/mol. The van der Waals surface area contributed by atoms with Gasteiger partial charge in [-0.1, -0.05) is 12.8 Å². The molecule has 3 heteroatoms. The first-order chi connectivity index (χ1) is 8.36. The van der Waals surface area contributed by atoms with Crippen LogP contribution < -0.4 is 5.32 Å². The van der Waals surface area contributed by atoms with Gasteiger partial charge in [-0.2, -0.15) is 0 Å². The number of hydrogen-bond acceptors (Lipinski definition) is 3. The fourth-order valence-electron chi connectivity index (χ4n) is 3.27. The first-order valence-corrected chi connectivity index (χ1v) is 7.81. The Morgan fingerprint density at radius 3 is 2.88 bits per heavy atom. The maximum Gasteiger partial charge on any atom is 0.0962 e. The monoisotopic (exact) mass is 250 g/mol. The van der Waals surface area contributed by atoms with Gasteiger partial charge in [-0.25, -0.2) is 4.98 Å². The van der Waals surface area contributed by atoms with E-state index >= 15 is 0 Å². The highest BCUT2D eigenvalue weighted by atomic mass is 32.1. The van der Waals surface area contributed by atoms with Gasteiger partial charge in [0.2, 0.25) is 0 Å². The van der Waals surface area contributed by atoms with E-state index in [4.69, 9.17) is 4.98 Å². The van der Waals surface area contributed by atoms with E-state index in [1.807, 2.05) is 11.3 Å². The maximum absolute atomic E-state index is 4.93. The highest BCUT2D eigenvalue weighted by Crippen LogP contribution is 2.39. The van der Waals surface area contributed by atoms with Crippen molar-refractivity contribution < 1.29 is 0 Å². The van der Waals surface area contributed by atoms with Crippen LogP contribution in [-0.4, -0.2) is 18.6 Å². The van der Waals surface area contributed by atoms with Crippen molar-refractivity contribution in [2.24, 2.45) is 5.92 Å². The van der Waals surface area contributed by atoms with Crippen molar-refractivity contribution in [1.82, 2.24) is 10.3 Å². The van der Waals surface area contributed by atoms with Crippen LogP contribution in [0.3, 0.4) is 0 Å². The van der Waals surface area contributed by atoms with Gasteiger partial charge in [-0.3, -0.25) is 0 Å². The smallest absolute Gasteiger partial charge is 0.0962 e. The molecule has 0 saturated heterocycles. The largest absolute Gasteiger partial charge is 0.319 e. The lowest BCUT2D eigenvalue weighted by Crippen LogP contribution is -2.24. The molecule has 1 heterocycles. The third-order valence-corrected chi connectivity index (χ3v) is 5.54. The van der Waals surface area contributed by atoms with Crippen LogP contribution in [0.2, 0.25) is 0 Å². The van der Waals surface area contributed by atoms with Crippen molar-refractivity contribution in [3.05, 3.63) is 15.6 Å². The van der Waals surface area contributed by atoms with Gasteiger partial charge in [0.1, 0.15) is 0 Å². The second kappa shape index (κ2) is 5.07. The number of rotatable bonds is 3. The Morgan fingerprint density at radius 2 is 2.12 bits per heavy atom. The number of aryl methyl sites for hydroxylation is 1. The second-order valence-electron chi connectivity index (χ2n) is 5.57. The minimum Gasteiger partial charge on any atom is -0.319 e. The molecule has 1 aromatic heterocycles. The van der Waals surface area contributed by atoms with Gasteiger partial charge in [0, 0.05) is 10.8 Å². The van der Waals surface area contributed by atoms with E-state index in [-0.39, 0.29) is 0 Å². The average Bonchev–Trinajstić information content (AvgIpc) is 2.97. The van der Waals surface area contributed by atoms with Crippen LogP contribution in [0.15, 0.2) is 0 Å². The number of nitrogens with one attached hydrogen (secondary N) is 1. The first-order valence-electron chi connectivity index (χ1n) is 7.00. The Balaban J connectivity index is 1.74. The van der Waals surface area contributed by atoms with Gasteiger partial charge in [-0.05, 0) is 51.6 Å². The summed E-state index contributed by atoms with van der Waals surface area (Å²) in [6, 6.07) is 0. The van der Waals surface area contributed by atoms with Crippen LogP contribution in [0, 0.1) is 5.92 Å². The Kier molecular flexibility index (Phi) is 3.48. The van der Waals surface area contributed by atoms with Crippen molar-refractivity contribution in [2.75, 3.05) is 13.6 Å². The molecule has 0 aliphatic heterocycles. The number of hydrogen-bond donors (Lipinski definition) is 1. The van der Waals surface area contributed by atoms with Crippen molar-refractivity contribution in [3.63, 3.8) is 0 Å². The summed E-state index contributed by atoms with van der Waals surface area (Å²) in [5.74, 6) is 1.64. The van der Waals surface area contributed by atoms with Gasteiger partial charge in [-0.15, -0.1) is 11.3 Å². The minimum atomic E-state index is 0.799. The van der Waals surface area contributed by atoms with Gasteiger partial charge < -0.3 is 5.32 Å². The van der Waals surface area contributed by atoms with E-state index in [1.165, 1.54) is 55.6 Å². The third-order valence-electron chi connectivity index (χ3n) is 4.26. The number of nitrogens with zero attached hydrogens (tertiary/aromatic N) is 1. The number of aromatic nitrogens is 1. The van der Waals surface area contributed by atoms with Crippen molar-refractivity contribution in [2.45, 2.75) is 50.9 Å². The standard InChI is InChI=1S/C14H22N2S/c1-15-9-10-6-7-12-13(8-10)17-14(16-12)11-4-2-3-5-11/h10-11,15H,2-9H2,1H3.